The van der Waals surface area contributed by atoms with Crippen LogP contribution in [-0.2, 0) is 13.5 Å². The molecule has 64 heavy (non-hydrogen) atoms. The number of aromatic carboxylic acids is 2. The fourth-order valence-electron chi connectivity index (χ4n) is 7.04. The number of carboxylic acid groups (broad SMARTS) is 2. The lowest BCUT2D eigenvalue weighted by atomic mass is 9.91. The van der Waals surface area contributed by atoms with Crippen LogP contribution in [0.5, 0.6) is 23.0 Å². The minimum Gasteiger partial charge on any atom is -0.478 e. The first-order valence-corrected chi connectivity index (χ1v) is 19.8. The number of hydrogen-bond acceptors (Lipinski definition) is 10. The Morgan fingerprint density at radius 1 is 0.500 bits per heavy atom. The summed E-state index contributed by atoms with van der Waals surface area (Å²) in [5.41, 5.74) is -0.130. The van der Waals surface area contributed by atoms with Gasteiger partial charge in [0.05, 0.1) is 38.4 Å². The van der Waals surface area contributed by atoms with E-state index in [2.05, 4.69) is 0 Å². The summed E-state index contributed by atoms with van der Waals surface area (Å²) in [6.45, 7) is 5.50. The third-order valence-electron chi connectivity index (χ3n) is 10.5. The van der Waals surface area contributed by atoms with Crippen molar-refractivity contribution in [3.8, 4) is 28.7 Å². The van der Waals surface area contributed by atoms with E-state index in [-0.39, 0.29) is 46.9 Å². The second kappa shape index (κ2) is 17.8. The van der Waals surface area contributed by atoms with Crippen molar-refractivity contribution >= 4 is 45.0 Å². The molecule has 0 unspecified atom stereocenters. The van der Waals surface area contributed by atoms with E-state index in [0.717, 1.165) is 32.4 Å². The van der Waals surface area contributed by atoms with E-state index < -0.39 is 56.9 Å². The highest BCUT2D eigenvalue weighted by molar-refractivity contribution is 6.13. The molecular formula is C50H40N2O12. The monoisotopic (exact) mass is 861 g/mol. The Hall–Kier alpha value is -8.52. The summed E-state index contributed by atoms with van der Waals surface area (Å²) >= 11 is 0. The number of aromatic nitrogens is 2. The molecule has 14 heteroatoms. The van der Waals surface area contributed by atoms with Crippen LogP contribution in [0.3, 0.4) is 0 Å². The molecule has 2 heterocycles. The van der Waals surface area contributed by atoms with Crippen LogP contribution >= 0.6 is 0 Å². The minimum absolute atomic E-state index is 0. The number of ether oxygens (including phenoxy) is 2. The first-order chi connectivity index (χ1) is 30.5. The van der Waals surface area contributed by atoms with Gasteiger partial charge in [0, 0.05) is 32.4 Å². The Balaban J connectivity index is 0.000000212. The molecule has 2 aromatic heterocycles. The molecule has 0 aliphatic heterocycles. The third-order valence-corrected chi connectivity index (χ3v) is 10.5. The number of benzene rings is 6. The van der Waals surface area contributed by atoms with E-state index in [1.54, 1.807) is 55.5 Å². The number of aryl methyl sites for hydroxylation is 2. The molecule has 8 rings (SSSR count). The SMILES string of the molecule is CCC(=O)c1cc(C(=O)O)c(C(=O)Cc2ccc(Oc3ccc(C)cc3)cc2)cc1C(=O)O.Cc1ccc(Oc2ccc(-n3c(=O)c4cc5c(=O)n(C)c(=O)c5cc4c3=O)cc2)cc1.[2HH]. The molecule has 2 N–H and O–H groups in total. The third kappa shape index (κ3) is 8.79. The van der Waals surface area contributed by atoms with Crippen LogP contribution in [0.4, 0.5) is 0 Å². The van der Waals surface area contributed by atoms with Crippen molar-refractivity contribution in [2.24, 2.45) is 7.05 Å². The average Bonchev–Trinajstić information content (AvgIpc) is 3.66. The van der Waals surface area contributed by atoms with Crippen molar-refractivity contribution in [1.29, 1.82) is 0 Å². The summed E-state index contributed by atoms with van der Waals surface area (Å²) < 4.78 is 13.6. The molecule has 6 aromatic carbocycles. The van der Waals surface area contributed by atoms with Gasteiger partial charge in [-0.1, -0.05) is 54.4 Å². The predicted octanol–water partition coefficient (Wildman–Crippen LogP) is 7.99. The Morgan fingerprint density at radius 3 is 1.25 bits per heavy atom. The van der Waals surface area contributed by atoms with Crippen LogP contribution in [0.2, 0.25) is 0 Å². The van der Waals surface area contributed by atoms with Gasteiger partial charge in [-0.2, -0.15) is 0 Å². The van der Waals surface area contributed by atoms with E-state index in [4.69, 9.17) is 9.47 Å². The molecule has 0 radical (unpaired) electrons. The summed E-state index contributed by atoms with van der Waals surface area (Å²) in [6.07, 6.45) is -0.144. The van der Waals surface area contributed by atoms with Gasteiger partial charge >= 0.3 is 11.9 Å². The van der Waals surface area contributed by atoms with Crippen molar-refractivity contribution in [3.63, 3.8) is 0 Å². The van der Waals surface area contributed by atoms with Gasteiger partial charge in [-0.15, -0.1) is 0 Å². The molecule has 0 fully saturated rings. The van der Waals surface area contributed by atoms with Gasteiger partial charge < -0.3 is 19.7 Å². The number of hydrogen-bond donors (Lipinski definition) is 2. The zero-order valence-electron chi connectivity index (χ0n) is 34.8. The first-order valence-electron chi connectivity index (χ1n) is 19.8. The summed E-state index contributed by atoms with van der Waals surface area (Å²) in [7, 11) is 1.37. The zero-order chi connectivity index (χ0) is 46.0. The van der Waals surface area contributed by atoms with Gasteiger partial charge in [0.2, 0.25) is 0 Å². The second-order valence-corrected chi connectivity index (χ2v) is 15.0. The van der Waals surface area contributed by atoms with Crippen molar-refractivity contribution < 1.29 is 40.3 Å². The lowest BCUT2D eigenvalue weighted by Gasteiger charge is -2.11. The fraction of sp³-hybridized carbons (Fsp3) is 0.120. The normalized spacial score (nSPS) is 10.9. The predicted molar refractivity (Wildman–Crippen MR) is 241 cm³/mol. The molecule has 0 aliphatic rings. The zero-order valence-corrected chi connectivity index (χ0v) is 34.8. The number of carbonyl (C=O) groups excluding carboxylic acids is 2. The number of carboxylic acids is 2. The number of fused-ring (bicyclic) bond motifs is 2. The van der Waals surface area contributed by atoms with E-state index >= 15 is 0 Å². The molecule has 14 nitrogen and oxygen atoms in total. The first kappa shape index (κ1) is 43.6. The van der Waals surface area contributed by atoms with Gasteiger partial charge in [0.1, 0.15) is 23.0 Å². The highest BCUT2D eigenvalue weighted by Crippen LogP contribution is 2.26. The Labute approximate surface area is 364 Å². The van der Waals surface area contributed by atoms with Crippen LogP contribution in [0.15, 0.2) is 141 Å². The van der Waals surface area contributed by atoms with Crippen molar-refractivity contribution in [1.82, 2.24) is 9.13 Å². The smallest absolute Gasteiger partial charge is 0.336 e. The van der Waals surface area contributed by atoms with Gasteiger partial charge in [0.15, 0.2) is 11.6 Å². The molecule has 322 valence electrons. The summed E-state index contributed by atoms with van der Waals surface area (Å²) in [6, 6.07) is 33.0. The Morgan fingerprint density at radius 2 is 0.859 bits per heavy atom. The van der Waals surface area contributed by atoms with Crippen LogP contribution < -0.4 is 31.7 Å². The van der Waals surface area contributed by atoms with Crippen molar-refractivity contribution in [2.45, 2.75) is 33.6 Å². The van der Waals surface area contributed by atoms with E-state index in [9.17, 15) is 48.6 Å². The van der Waals surface area contributed by atoms with Crippen LogP contribution in [0.1, 0.15) is 72.9 Å². The molecular weight excluding hydrogens is 821 g/mol. The number of ketones is 2. The molecule has 0 aliphatic carbocycles. The second-order valence-electron chi connectivity index (χ2n) is 15.0. The van der Waals surface area contributed by atoms with E-state index in [1.165, 1.54) is 19.2 Å². The Kier molecular flexibility index (Phi) is 12.1. The minimum atomic E-state index is -1.41. The van der Waals surface area contributed by atoms with E-state index in [0.29, 0.717) is 34.2 Å². The molecule has 0 atom stereocenters. The maximum absolute atomic E-state index is 12.9. The molecule has 0 spiro atoms. The van der Waals surface area contributed by atoms with Crippen LogP contribution in [0.25, 0.3) is 27.2 Å². The summed E-state index contributed by atoms with van der Waals surface area (Å²) in [4.78, 5) is 98.8. The number of Topliss-reactive ketones (excluding diaryl/α,β-unsaturated/α-hetero) is 2. The highest BCUT2D eigenvalue weighted by Gasteiger charge is 2.25. The number of carbonyl (C=O) groups is 4. The molecule has 8 aromatic rings. The largest absolute Gasteiger partial charge is 0.478 e. The molecule has 0 bridgehead atoms. The van der Waals surface area contributed by atoms with Gasteiger partial charge in [-0.25, -0.2) is 14.2 Å². The average molecular weight is 862 g/mol. The molecule has 0 saturated heterocycles. The van der Waals surface area contributed by atoms with Gasteiger partial charge in [-0.05, 0) is 104 Å². The van der Waals surface area contributed by atoms with Crippen LogP contribution in [0, 0.1) is 13.8 Å². The van der Waals surface area contributed by atoms with Gasteiger partial charge in [0.25, 0.3) is 22.2 Å². The molecule has 0 saturated carbocycles. The maximum Gasteiger partial charge on any atom is 0.336 e. The fourth-order valence-corrected chi connectivity index (χ4v) is 7.04. The lowest BCUT2D eigenvalue weighted by Crippen LogP contribution is -2.23. The van der Waals surface area contributed by atoms with E-state index in [1.807, 2.05) is 62.4 Å². The van der Waals surface area contributed by atoms with Crippen LogP contribution in [-0.4, -0.2) is 42.9 Å². The molecule has 0 amide bonds. The van der Waals surface area contributed by atoms with Crippen molar-refractivity contribution in [3.05, 3.63) is 202 Å². The highest BCUT2D eigenvalue weighted by atomic mass is 16.5. The maximum atomic E-state index is 12.9. The number of rotatable bonds is 12. The quantitative estimate of drug-likeness (QED) is 0.112. The summed E-state index contributed by atoms with van der Waals surface area (Å²) in [5, 5.41) is 19.5. The standard InChI is InChI=1S/C26H22O7.C24H16N2O5.H2/c1-3-23(27)19-13-22(26(31)32)20(14-21(19)25(29)30)24(28)12-16-6-10-18(11-7-16)33-17-8-4-15(2)5-9-17;1-13-3-7-15(8-4-13)31-16-9-5-14(6-10-16)26-23(29)19-11-17-18(12-20(19)24(26)30)22(28)25(2)21(17)27;/h4-11,13-14H,3,12H2,1-2H3,(H,29,30)(H,31,32);3-12H,1-2H3;1H/i;;1+1. The topological polar surface area (TPSA) is 205 Å². The van der Waals surface area contributed by atoms with Gasteiger partial charge in [-0.3, -0.25) is 33.3 Å². The Bertz CT molecular complexity index is 3280. The number of nitrogens with zero attached hydrogens (tertiary/aromatic N) is 2. The van der Waals surface area contributed by atoms with Crippen molar-refractivity contribution in [2.75, 3.05) is 0 Å². The summed E-state index contributed by atoms with van der Waals surface area (Å²) in [5.74, 6) is -1.45. The lowest BCUT2D eigenvalue weighted by molar-refractivity contribution is 0.0676.